The van der Waals surface area contributed by atoms with Crippen LogP contribution in [0.2, 0.25) is 5.31 Å². The van der Waals surface area contributed by atoms with Gasteiger partial charge in [0.05, 0.1) is 0 Å². The Bertz CT molecular complexity index is 375. The van der Waals surface area contributed by atoms with Crippen LogP contribution in [0.1, 0.15) is 44.7 Å². The third-order valence-corrected chi connectivity index (χ3v) is 4.68. The van der Waals surface area contributed by atoms with Crippen molar-refractivity contribution in [2.75, 3.05) is 0 Å². The van der Waals surface area contributed by atoms with Crippen LogP contribution < -0.4 is 0 Å². The molecule has 1 aliphatic carbocycles. The SMILES string of the molecule is BC1(C(C)(C)C)CCCc2ccccc2C1. The molecule has 0 aromatic heterocycles. The van der Waals surface area contributed by atoms with E-state index in [0.29, 0.717) is 10.7 Å². The summed E-state index contributed by atoms with van der Waals surface area (Å²) in [6.45, 7) is 7.17. The van der Waals surface area contributed by atoms with Crippen LogP contribution in [-0.2, 0) is 12.8 Å². The Balaban J connectivity index is 2.36. The van der Waals surface area contributed by atoms with Crippen LogP contribution in [0.3, 0.4) is 0 Å². The Morgan fingerprint density at radius 1 is 1.12 bits per heavy atom. The molecule has 0 saturated carbocycles. The fourth-order valence-corrected chi connectivity index (χ4v) is 2.79. The molecule has 0 fully saturated rings. The van der Waals surface area contributed by atoms with Gasteiger partial charge in [0.1, 0.15) is 7.85 Å². The second kappa shape index (κ2) is 3.94. The van der Waals surface area contributed by atoms with E-state index in [9.17, 15) is 0 Å². The first-order valence-corrected chi connectivity index (χ1v) is 6.49. The molecule has 0 spiro atoms. The summed E-state index contributed by atoms with van der Waals surface area (Å²) in [4.78, 5) is 0. The molecule has 0 amide bonds. The molecule has 0 nitrogen and oxygen atoms in total. The lowest BCUT2D eigenvalue weighted by atomic mass is 9.50. The third kappa shape index (κ3) is 2.05. The monoisotopic (exact) mass is 214 g/mol. The maximum absolute atomic E-state index is 2.47. The van der Waals surface area contributed by atoms with Crippen molar-refractivity contribution in [3.63, 3.8) is 0 Å². The van der Waals surface area contributed by atoms with Crippen LogP contribution in [0.25, 0.3) is 0 Å². The smallest absolute Gasteiger partial charge is 0.0620 e. The zero-order chi connectivity index (χ0) is 11.8. The minimum Gasteiger partial charge on any atom is -0.0620 e. The zero-order valence-electron chi connectivity index (χ0n) is 11.1. The van der Waals surface area contributed by atoms with Crippen molar-refractivity contribution in [2.24, 2.45) is 5.41 Å². The largest absolute Gasteiger partial charge is 0.110 e. The normalized spacial score (nSPS) is 25.9. The van der Waals surface area contributed by atoms with Crippen LogP contribution in [0.15, 0.2) is 24.3 Å². The van der Waals surface area contributed by atoms with Crippen molar-refractivity contribution in [3.8, 4) is 0 Å². The lowest BCUT2D eigenvalue weighted by Crippen LogP contribution is -2.31. The molecule has 0 radical (unpaired) electrons. The Morgan fingerprint density at radius 2 is 1.75 bits per heavy atom. The van der Waals surface area contributed by atoms with Crippen LogP contribution in [-0.4, -0.2) is 7.85 Å². The fraction of sp³-hybridized carbons (Fsp3) is 0.600. The van der Waals surface area contributed by atoms with E-state index in [1.54, 1.807) is 11.1 Å². The van der Waals surface area contributed by atoms with E-state index >= 15 is 0 Å². The first kappa shape index (κ1) is 11.8. The molecule has 1 atom stereocenters. The quantitative estimate of drug-likeness (QED) is 0.458. The van der Waals surface area contributed by atoms with E-state index in [2.05, 4.69) is 52.9 Å². The number of hydrogen-bond donors (Lipinski definition) is 0. The second-order valence-corrected chi connectivity index (χ2v) is 6.61. The van der Waals surface area contributed by atoms with Gasteiger partial charge in [-0.1, -0.05) is 51.5 Å². The van der Waals surface area contributed by atoms with Gasteiger partial charge in [0.15, 0.2) is 0 Å². The van der Waals surface area contributed by atoms with Gasteiger partial charge in [0.25, 0.3) is 0 Å². The van der Waals surface area contributed by atoms with Gasteiger partial charge in [-0.25, -0.2) is 0 Å². The highest BCUT2D eigenvalue weighted by molar-refractivity contribution is 6.16. The average molecular weight is 214 g/mol. The van der Waals surface area contributed by atoms with Crippen molar-refractivity contribution < 1.29 is 0 Å². The topological polar surface area (TPSA) is 0 Å². The van der Waals surface area contributed by atoms with E-state index in [1.807, 2.05) is 0 Å². The minimum atomic E-state index is 0.393. The molecule has 2 rings (SSSR count). The molecule has 0 bridgehead atoms. The molecule has 16 heavy (non-hydrogen) atoms. The summed E-state index contributed by atoms with van der Waals surface area (Å²) < 4.78 is 0. The highest BCUT2D eigenvalue weighted by Crippen LogP contribution is 2.50. The summed E-state index contributed by atoms with van der Waals surface area (Å²) in [5, 5.41) is 0.444. The van der Waals surface area contributed by atoms with Gasteiger partial charge in [0.2, 0.25) is 0 Å². The Morgan fingerprint density at radius 3 is 2.38 bits per heavy atom. The Hall–Kier alpha value is -0.715. The molecule has 86 valence electrons. The number of aryl methyl sites for hydroxylation is 1. The van der Waals surface area contributed by atoms with Crippen LogP contribution in [0.4, 0.5) is 0 Å². The van der Waals surface area contributed by atoms with E-state index in [0.717, 1.165) is 0 Å². The molecule has 0 N–H and O–H groups in total. The molecule has 0 heterocycles. The van der Waals surface area contributed by atoms with Crippen molar-refractivity contribution in [3.05, 3.63) is 35.4 Å². The van der Waals surface area contributed by atoms with Gasteiger partial charge in [-0.3, -0.25) is 0 Å². The maximum Gasteiger partial charge on any atom is 0.110 e. The summed E-state index contributed by atoms with van der Waals surface area (Å²) in [6, 6.07) is 9.00. The van der Waals surface area contributed by atoms with Crippen LogP contribution in [0, 0.1) is 5.41 Å². The molecular weight excluding hydrogens is 191 g/mol. The standard InChI is InChI=1S/C15H23B/c1-14(2,3)15(16)10-6-9-12-7-4-5-8-13(12)11-15/h4-5,7-8H,6,9-11,16H2,1-3H3. The molecule has 1 unspecified atom stereocenters. The molecule has 1 aromatic rings. The fourth-order valence-electron chi connectivity index (χ4n) is 2.79. The summed E-state index contributed by atoms with van der Waals surface area (Å²) >= 11 is 0. The zero-order valence-corrected chi connectivity index (χ0v) is 11.1. The van der Waals surface area contributed by atoms with Crippen LogP contribution in [0.5, 0.6) is 0 Å². The first-order chi connectivity index (χ1) is 7.42. The van der Waals surface area contributed by atoms with E-state index in [4.69, 9.17) is 0 Å². The van der Waals surface area contributed by atoms with Gasteiger partial charge in [-0.15, -0.1) is 0 Å². The molecule has 1 aliphatic rings. The summed E-state index contributed by atoms with van der Waals surface area (Å²) in [6.07, 6.45) is 5.20. The molecule has 1 aromatic carbocycles. The van der Waals surface area contributed by atoms with Gasteiger partial charge in [-0.2, -0.15) is 0 Å². The maximum atomic E-state index is 2.47. The van der Waals surface area contributed by atoms with Gasteiger partial charge in [-0.05, 0) is 41.1 Å². The molecule has 0 saturated heterocycles. The van der Waals surface area contributed by atoms with Gasteiger partial charge < -0.3 is 0 Å². The Kier molecular flexibility index (Phi) is 2.90. The van der Waals surface area contributed by atoms with E-state index < -0.39 is 0 Å². The van der Waals surface area contributed by atoms with Crippen molar-refractivity contribution in [2.45, 2.75) is 51.8 Å². The molecule has 0 aliphatic heterocycles. The first-order valence-electron chi connectivity index (χ1n) is 6.49. The van der Waals surface area contributed by atoms with E-state index in [-0.39, 0.29) is 0 Å². The number of hydrogen-bond acceptors (Lipinski definition) is 0. The van der Waals surface area contributed by atoms with Crippen molar-refractivity contribution in [1.82, 2.24) is 0 Å². The number of fused-ring (bicyclic) bond motifs is 1. The second-order valence-electron chi connectivity index (χ2n) is 6.61. The van der Waals surface area contributed by atoms with Crippen molar-refractivity contribution in [1.29, 1.82) is 0 Å². The van der Waals surface area contributed by atoms with E-state index in [1.165, 1.54) is 25.7 Å². The minimum absolute atomic E-state index is 0.393. The predicted octanol–water partition coefficient (Wildman–Crippen LogP) is 3.40. The van der Waals surface area contributed by atoms with Gasteiger partial charge in [0, 0.05) is 0 Å². The lowest BCUT2D eigenvalue weighted by molar-refractivity contribution is 0.245. The summed E-state index contributed by atoms with van der Waals surface area (Å²) in [7, 11) is 2.47. The highest BCUT2D eigenvalue weighted by Gasteiger charge is 2.38. The number of rotatable bonds is 0. The van der Waals surface area contributed by atoms with Crippen molar-refractivity contribution >= 4 is 7.85 Å². The number of benzene rings is 1. The lowest BCUT2D eigenvalue weighted by Gasteiger charge is -2.42. The average Bonchev–Trinajstić information content (AvgIpc) is 2.35. The summed E-state index contributed by atoms with van der Waals surface area (Å²) in [5.41, 5.74) is 3.55. The predicted molar refractivity (Wildman–Crippen MR) is 73.8 cm³/mol. The molecule has 1 heteroatoms. The van der Waals surface area contributed by atoms with Crippen LogP contribution >= 0.6 is 0 Å². The van der Waals surface area contributed by atoms with Gasteiger partial charge >= 0.3 is 0 Å². The Labute approximate surface area is 101 Å². The molecular formula is C15H23B. The third-order valence-electron chi connectivity index (χ3n) is 4.68. The summed E-state index contributed by atoms with van der Waals surface area (Å²) in [5.74, 6) is 0. The highest BCUT2D eigenvalue weighted by atomic mass is 14.4.